The molecule has 0 radical (unpaired) electrons. The average molecular weight is 269 g/mol. The van der Waals surface area contributed by atoms with E-state index in [-0.39, 0.29) is 0 Å². The summed E-state index contributed by atoms with van der Waals surface area (Å²) in [5, 5.41) is 4.38. The molecule has 0 aromatic heterocycles. The van der Waals surface area contributed by atoms with Gasteiger partial charge in [-0.25, -0.2) is 0 Å². The van der Waals surface area contributed by atoms with Gasteiger partial charge in [-0.15, -0.1) is 0 Å². The largest absolute Gasteiger partial charge is 0.317 e. The molecule has 1 aliphatic carbocycles. The van der Waals surface area contributed by atoms with E-state index < -0.39 is 0 Å². The molecule has 4 heteroatoms. The van der Waals surface area contributed by atoms with Gasteiger partial charge in [0.25, 0.3) is 0 Å². The summed E-state index contributed by atoms with van der Waals surface area (Å²) in [5.74, 6) is 1.34. The minimum Gasteiger partial charge on any atom is -0.317 e. The second-order valence-corrected chi connectivity index (χ2v) is 7.34. The van der Waals surface area contributed by atoms with Crippen LogP contribution >= 0.6 is 11.8 Å². The Morgan fingerprint density at radius 2 is 1.67 bits per heavy atom. The molecule has 1 N–H and O–H groups in total. The first-order valence-electron chi connectivity index (χ1n) is 7.70. The Morgan fingerprint density at radius 1 is 0.944 bits per heavy atom. The number of piperazine rings is 1. The molecular weight excluding hydrogens is 242 g/mol. The van der Waals surface area contributed by atoms with E-state index in [2.05, 4.69) is 26.9 Å². The van der Waals surface area contributed by atoms with Crippen LogP contribution in [0.1, 0.15) is 25.7 Å². The molecule has 104 valence electrons. The van der Waals surface area contributed by atoms with Gasteiger partial charge in [0.2, 0.25) is 0 Å². The van der Waals surface area contributed by atoms with Crippen LogP contribution in [0.2, 0.25) is 0 Å². The predicted octanol–water partition coefficient (Wildman–Crippen LogP) is 1.25. The Morgan fingerprint density at radius 3 is 2.33 bits per heavy atom. The van der Waals surface area contributed by atoms with Crippen molar-refractivity contribution in [2.45, 2.75) is 37.0 Å². The van der Waals surface area contributed by atoms with Crippen molar-refractivity contribution < 1.29 is 0 Å². The molecule has 2 saturated heterocycles. The van der Waals surface area contributed by atoms with E-state index in [9.17, 15) is 0 Å². The van der Waals surface area contributed by atoms with Gasteiger partial charge in [0.1, 0.15) is 0 Å². The third-order valence-electron chi connectivity index (χ3n) is 4.52. The minimum absolute atomic E-state index is 0.930. The van der Waals surface area contributed by atoms with Crippen molar-refractivity contribution in [2.24, 2.45) is 0 Å². The summed E-state index contributed by atoms with van der Waals surface area (Å²) in [6.07, 6.45) is 5.68. The fourth-order valence-electron chi connectivity index (χ4n) is 3.10. The number of hydrogen-bond acceptors (Lipinski definition) is 4. The second-order valence-electron chi connectivity index (χ2n) is 5.93. The van der Waals surface area contributed by atoms with Crippen LogP contribution in [0, 0.1) is 0 Å². The molecule has 0 aromatic carbocycles. The molecule has 3 aliphatic rings. The minimum atomic E-state index is 0.930. The maximum Gasteiger partial charge on any atom is 0.0113 e. The van der Waals surface area contributed by atoms with Gasteiger partial charge >= 0.3 is 0 Å². The van der Waals surface area contributed by atoms with Gasteiger partial charge in [-0.1, -0.05) is 0 Å². The molecule has 0 bridgehead atoms. The fraction of sp³-hybridized carbons (Fsp3) is 1.00. The van der Waals surface area contributed by atoms with Crippen molar-refractivity contribution >= 4 is 11.8 Å². The van der Waals surface area contributed by atoms with E-state index in [1.165, 1.54) is 77.2 Å². The van der Waals surface area contributed by atoms with Gasteiger partial charge in [0.05, 0.1) is 0 Å². The summed E-state index contributed by atoms with van der Waals surface area (Å²) >= 11 is 2.22. The van der Waals surface area contributed by atoms with Gasteiger partial charge in [-0.05, 0) is 38.8 Å². The van der Waals surface area contributed by atoms with Crippen molar-refractivity contribution in [2.75, 3.05) is 51.6 Å². The van der Waals surface area contributed by atoms with Crippen LogP contribution in [0.5, 0.6) is 0 Å². The lowest BCUT2D eigenvalue weighted by atomic mass is 10.2. The van der Waals surface area contributed by atoms with E-state index in [1.54, 1.807) is 0 Å². The zero-order chi connectivity index (χ0) is 12.2. The van der Waals surface area contributed by atoms with Crippen molar-refractivity contribution in [3.8, 4) is 0 Å². The summed E-state index contributed by atoms with van der Waals surface area (Å²) in [6.45, 7) is 9.04. The number of thioether (sulfide) groups is 1. The van der Waals surface area contributed by atoms with Crippen molar-refractivity contribution in [3.63, 3.8) is 0 Å². The van der Waals surface area contributed by atoms with Crippen molar-refractivity contribution in [1.82, 2.24) is 15.1 Å². The van der Waals surface area contributed by atoms with Crippen LogP contribution < -0.4 is 5.32 Å². The lowest BCUT2D eigenvalue weighted by Gasteiger charge is -2.35. The number of nitrogens with one attached hydrogen (secondary N) is 1. The van der Waals surface area contributed by atoms with Crippen LogP contribution in [0.15, 0.2) is 0 Å². The average Bonchev–Trinajstić information content (AvgIpc) is 3.25. The topological polar surface area (TPSA) is 18.5 Å². The lowest BCUT2D eigenvalue weighted by Crippen LogP contribution is -2.47. The Bertz CT molecular complexity index is 243. The molecule has 2 heterocycles. The predicted molar refractivity (Wildman–Crippen MR) is 79.4 cm³/mol. The summed E-state index contributed by atoms with van der Waals surface area (Å²) in [6, 6.07) is 0.969. The van der Waals surface area contributed by atoms with Crippen LogP contribution in [0.3, 0.4) is 0 Å². The Labute approximate surface area is 116 Å². The lowest BCUT2D eigenvalue weighted by molar-refractivity contribution is 0.132. The van der Waals surface area contributed by atoms with Crippen molar-refractivity contribution in [3.05, 3.63) is 0 Å². The first-order chi connectivity index (χ1) is 8.92. The molecular formula is C14H27N3S. The SMILES string of the molecule is C1CC(SCCN2CCN(C3CC3)CC2)CCN1. The smallest absolute Gasteiger partial charge is 0.0113 e. The normalized spacial score (nSPS) is 28.7. The highest BCUT2D eigenvalue weighted by Crippen LogP contribution is 2.27. The molecule has 18 heavy (non-hydrogen) atoms. The van der Waals surface area contributed by atoms with E-state index >= 15 is 0 Å². The van der Waals surface area contributed by atoms with Crippen LogP contribution in [0.25, 0.3) is 0 Å². The monoisotopic (exact) mass is 269 g/mol. The first kappa shape index (κ1) is 13.2. The van der Waals surface area contributed by atoms with Gasteiger partial charge in [0.15, 0.2) is 0 Å². The molecule has 3 fully saturated rings. The van der Waals surface area contributed by atoms with Gasteiger partial charge in [-0.3, -0.25) is 9.80 Å². The Balaban J connectivity index is 1.27. The zero-order valence-electron chi connectivity index (χ0n) is 11.4. The fourth-order valence-corrected chi connectivity index (χ4v) is 4.37. The Kier molecular flexibility index (Phi) is 4.85. The molecule has 3 nitrogen and oxygen atoms in total. The van der Waals surface area contributed by atoms with E-state index in [1.807, 2.05) is 0 Å². The van der Waals surface area contributed by atoms with Crippen molar-refractivity contribution in [1.29, 1.82) is 0 Å². The highest BCUT2D eigenvalue weighted by molar-refractivity contribution is 7.99. The second kappa shape index (κ2) is 6.60. The third kappa shape index (κ3) is 3.86. The van der Waals surface area contributed by atoms with Crippen LogP contribution in [0.4, 0.5) is 0 Å². The molecule has 0 unspecified atom stereocenters. The number of piperidine rings is 1. The maximum atomic E-state index is 3.45. The molecule has 0 spiro atoms. The summed E-state index contributed by atoms with van der Waals surface area (Å²) < 4.78 is 0. The van der Waals surface area contributed by atoms with Crippen LogP contribution in [-0.2, 0) is 0 Å². The molecule has 0 amide bonds. The molecule has 0 atom stereocenters. The summed E-state index contributed by atoms with van der Waals surface area (Å²) in [4.78, 5) is 5.38. The van der Waals surface area contributed by atoms with Gasteiger partial charge in [-0.2, -0.15) is 11.8 Å². The molecule has 0 aromatic rings. The molecule has 2 aliphatic heterocycles. The molecule has 1 saturated carbocycles. The first-order valence-corrected chi connectivity index (χ1v) is 8.75. The van der Waals surface area contributed by atoms with Gasteiger partial charge < -0.3 is 5.32 Å². The standard InChI is InChI=1S/C14H27N3S/c1-2-13(1)17-9-7-16(8-10-17)11-12-18-14-3-5-15-6-4-14/h13-15H,1-12H2. The van der Waals surface area contributed by atoms with E-state index in [4.69, 9.17) is 0 Å². The van der Waals surface area contributed by atoms with E-state index in [0.29, 0.717) is 0 Å². The zero-order valence-corrected chi connectivity index (χ0v) is 12.3. The third-order valence-corrected chi connectivity index (χ3v) is 5.88. The highest BCUT2D eigenvalue weighted by Gasteiger charge is 2.30. The van der Waals surface area contributed by atoms with E-state index in [0.717, 1.165) is 11.3 Å². The summed E-state index contributed by atoms with van der Waals surface area (Å²) in [5.41, 5.74) is 0. The summed E-state index contributed by atoms with van der Waals surface area (Å²) in [7, 11) is 0. The number of hydrogen-bond donors (Lipinski definition) is 1. The van der Waals surface area contributed by atoms with Crippen LogP contribution in [-0.4, -0.2) is 72.7 Å². The number of rotatable bonds is 5. The Hall–Kier alpha value is 0.230. The number of nitrogens with zero attached hydrogens (tertiary/aromatic N) is 2. The maximum absolute atomic E-state index is 3.45. The quantitative estimate of drug-likeness (QED) is 0.809. The molecule has 3 rings (SSSR count). The highest BCUT2D eigenvalue weighted by atomic mass is 32.2. The van der Waals surface area contributed by atoms with Gasteiger partial charge in [0, 0.05) is 49.8 Å².